The molecule has 0 aliphatic heterocycles. The molecule has 2 unspecified atom stereocenters. The predicted molar refractivity (Wildman–Crippen MR) is 102 cm³/mol. The molecule has 0 heterocycles. The van der Waals surface area contributed by atoms with Gasteiger partial charge in [-0.15, -0.1) is 0 Å². The molecule has 0 aliphatic rings. The molecule has 2 aromatic carbocycles. The Kier molecular flexibility index (Phi) is 8.90. The van der Waals surface area contributed by atoms with Gasteiger partial charge in [0.1, 0.15) is 5.75 Å². The summed E-state index contributed by atoms with van der Waals surface area (Å²) < 4.78 is 11.0. The Balaban J connectivity index is 0.00000312. The maximum absolute atomic E-state index is 12.7. The molecule has 0 aliphatic carbocycles. The van der Waals surface area contributed by atoms with E-state index in [1.165, 1.54) is 5.56 Å². The number of aryl methyl sites for hydroxylation is 3. The van der Waals surface area contributed by atoms with Crippen LogP contribution in [0.4, 0.5) is 0 Å². The Hall–Kier alpha value is -1.10. The van der Waals surface area contributed by atoms with Crippen LogP contribution >= 0.6 is 8.58 Å². The molecule has 130 valence electrons. The minimum Gasteiger partial charge on any atom is -1.00 e. The van der Waals surface area contributed by atoms with E-state index in [9.17, 15) is 4.79 Å². The Bertz CT molecular complexity index is 696. The molecular formula is C20H26LiO3P. The summed E-state index contributed by atoms with van der Waals surface area (Å²) in [5, 5.41) is 1.01. The van der Waals surface area contributed by atoms with Gasteiger partial charge in [0, 0.05) is 12.2 Å². The molecule has 2 atom stereocenters. The second kappa shape index (κ2) is 10.1. The third kappa shape index (κ3) is 6.28. The fourth-order valence-electron chi connectivity index (χ4n) is 2.81. The van der Waals surface area contributed by atoms with E-state index < -0.39 is 0 Å². The average Bonchev–Trinajstić information content (AvgIpc) is 2.48. The molecule has 0 N–H and O–H groups in total. The van der Waals surface area contributed by atoms with E-state index in [1.54, 1.807) is 0 Å². The van der Waals surface area contributed by atoms with Crippen LogP contribution < -0.4 is 28.9 Å². The molecule has 3 nitrogen and oxygen atoms in total. The zero-order chi connectivity index (χ0) is 17.7. The third-order valence-electron chi connectivity index (χ3n) is 3.72. The summed E-state index contributed by atoms with van der Waals surface area (Å²) in [6.07, 6.45) is -0.275. The SMILES string of the molecule is CCOC(C)Oc1ccc(PC(=O)c2c(C)cc(C)cc2C)cc1.[H-].[Li+]. The van der Waals surface area contributed by atoms with Crippen molar-refractivity contribution in [1.82, 2.24) is 0 Å². The van der Waals surface area contributed by atoms with E-state index in [0.717, 1.165) is 27.7 Å². The molecule has 2 aromatic rings. The van der Waals surface area contributed by atoms with Gasteiger partial charge in [0.05, 0.1) is 0 Å². The normalized spacial score (nSPS) is 12.0. The number of carbonyl (C=O) groups excluding carboxylic acids is 1. The summed E-state index contributed by atoms with van der Waals surface area (Å²) in [6, 6.07) is 11.8. The van der Waals surface area contributed by atoms with Crippen molar-refractivity contribution in [3.05, 3.63) is 58.7 Å². The summed E-state index contributed by atoms with van der Waals surface area (Å²) in [6.45, 7) is 10.5. The Morgan fingerprint density at radius 2 is 1.68 bits per heavy atom. The first kappa shape index (κ1) is 21.9. The van der Waals surface area contributed by atoms with Crippen molar-refractivity contribution in [2.45, 2.75) is 40.9 Å². The van der Waals surface area contributed by atoms with Crippen molar-refractivity contribution in [2.75, 3.05) is 6.61 Å². The monoisotopic (exact) mass is 352 g/mol. The van der Waals surface area contributed by atoms with Gasteiger partial charge in [-0.05, 0) is 71.8 Å². The van der Waals surface area contributed by atoms with Crippen molar-refractivity contribution in [3.63, 3.8) is 0 Å². The van der Waals surface area contributed by atoms with Gasteiger partial charge >= 0.3 is 18.9 Å². The first-order valence-corrected chi connectivity index (χ1v) is 9.18. The Morgan fingerprint density at radius 3 is 2.20 bits per heavy atom. The zero-order valence-corrected chi connectivity index (χ0v) is 17.0. The van der Waals surface area contributed by atoms with Gasteiger partial charge in [0.15, 0.2) is 11.8 Å². The predicted octanol–water partition coefficient (Wildman–Crippen LogP) is 1.63. The standard InChI is InChI=1S/C20H25O3P.Li.H/c1-6-22-16(5)23-17-7-9-18(10-8-17)24-20(21)19-14(3)11-13(2)12-15(19)4;;/h7-12,16,24H,6H2,1-5H3;;/q;+1;-1. The third-order valence-corrected chi connectivity index (χ3v) is 4.82. The Labute approximate surface area is 165 Å². The molecule has 0 saturated heterocycles. The molecule has 0 radical (unpaired) electrons. The van der Waals surface area contributed by atoms with Crippen LogP contribution in [0.5, 0.6) is 5.75 Å². The number of hydrogen-bond donors (Lipinski definition) is 0. The van der Waals surface area contributed by atoms with Crippen molar-refractivity contribution >= 4 is 19.4 Å². The van der Waals surface area contributed by atoms with Crippen LogP contribution in [-0.4, -0.2) is 18.4 Å². The molecule has 0 saturated carbocycles. The number of carbonyl (C=O) groups is 1. The topological polar surface area (TPSA) is 35.5 Å². The van der Waals surface area contributed by atoms with Gasteiger partial charge in [-0.1, -0.05) is 29.8 Å². The van der Waals surface area contributed by atoms with Crippen LogP contribution in [0.2, 0.25) is 0 Å². The zero-order valence-electron chi connectivity index (χ0n) is 17.0. The van der Waals surface area contributed by atoms with Crippen molar-refractivity contribution < 1.29 is 34.6 Å². The fraction of sp³-hybridized carbons (Fsp3) is 0.350. The first-order chi connectivity index (χ1) is 11.4. The van der Waals surface area contributed by atoms with Gasteiger partial charge in [0.25, 0.3) is 0 Å². The molecule has 0 aromatic heterocycles. The Morgan fingerprint density at radius 1 is 1.12 bits per heavy atom. The minimum absolute atomic E-state index is 0. The van der Waals surface area contributed by atoms with Crippen molar-refractivity contribution in [3.8, 4) is 5.75 Å². The number of ether oxygens (including phenoxy) is 2. The molecule has 25 heavy (non-hydrogen) atoms. The number of benzene rings is 2. The summed E-state index contributed by atoms with van der Waals surface area (Å²) in [4.78, 5) is 12.7. The summed E-state index contributed by atoms with van der Waals surface area (Å²) >= 11 is 0. The van der Waals surface area contributed by atoms with Crippen LogP contribution in [0, 0.1) is 20.8 Å². The molecule has 0 spiro atoms. The fourth-order valence-corrected chi connectivity index (χ4v) is 3.92. The molecule has 2 rings (SSSR count). The molecule has 0 fully saturated rings. The quantitative estimate of drug-likeness (QED) is 0.432. The summed E-state index contributed by atoms with van der Waals surface area (Å²) in [5.41, 5.74) is 4.33. The average molecular weight is 352 g/mol. The van der Waals surface area contributed by atoms with Crippen molar-refractivity contribution in [1.29, 1.82) is 0 Å². The van der Waals surface area contributed by atoms with E-state index >= 15 is 0 Å². The van der Waals surface area contributed by atoms with E-state index in [0.29, 0.717) is 6.61 Å². The second-order valence-electron chi connectivity index (χ2n) is 5.89. The van der Waals surface area contributed by atoms with E-state index in [4.69, 9.17) is 9.47 Å². The smallest absolute Gasteiger partial charge is 1.00 e. The van der Waals surface area contributed by atoms with Gasteiger partial charge in [-0.25, -0.2) is 0 Å². The minimum atomic E-state index is -0.275. The maximum Gasteiger partial charge on any atom is 1.00 e. The van der Waals surface area contributed by atoms with E-state index in [2.05, 4.69) is 19.1 Å². The summed E-state index contributed by atoms with van der Waals surface area (Å²) in [7, 11) is 0.112. The van der Waals surface area contributed by atoms with Crippen molar-refractivity contribution in [2.24, 2.45) is 0 Å². The second-order valence-corrected chi connectivity index (χ2v) is 7.17. The maximum atomic E-state index is 12.7. The van der Waals surface area contributed by atoms with Crippen LogP contribution in [0.15, 0.2) is 36.4 Å². The van der Waals surface area contributed by atoms with E-state index in [-0.39, 0.29) is 40.7 Å². The number of rotatable bonds is 7. The van der Waals surface area contributed by atoms with Crippen LogP contribution in [0.25, 0.3) is 0 Å². The van der Waals surface area contributed by atoms with Gasteiger partial charge < -0.3 is 10.9 Å². The summed E-state index contributed by atoms with van der Waals surface area (Å²) in [5.74, 6) is 0.750. The van der Waals surface area contributed by atoms with Crippen LogP contribution in [0.1, 0.15) is 42.3 Å². The molecule has 5 heteroatoms. The largest absolute Gasteiger partial charge is 1.00 e. The number of hydrogen-bond acceptors (Lipinski definition) is 3. The first-order valence-electron chi connectivity index (χ1n) is 8.18. The molecule has 0 amide bonds. The van der Waals surface area contributed by atoms with Gasteiger partial charge in [-0.2, -0.15) is 0 Å². The van der Waals surface area contributed by atoms with Crippen LogP contribution in [-0.2, 0) is 4.74 Å². The van der Waals surface area contributed by atoms with Crippen LogP contribution in [0.3, 0.4) is 0 Å². The molecule has 0 bridgehead atoms. The molecular weight excluding hydrogens is 326 g/mol. The van der Waals surface area contributed by atoms with Gasteiger partial charge in [-0.3, -0.25) is 4.79 Å². The van der Waals surface area contributed by atoms with E-state index in [1.807, 2.05) is 52.0 Å². The van der Waals surface area contributed by atoms with Gasteiger partial charge in [0.2, 0.25) is 0 Å².